The number of rotatable bonds is 3. The van der Waals surface area contributed by atoms with Crippen LogP contribution in [0, 0.1) is 5.92 Å². The minimum atomic E-state index is 0.204. The number of fused-ring (bicyclic) bond motifs is 4. The fourth-order valence-electron chi connectivity index (χ4n) is 5.09. The number of hydrogen-bond acceptors (Lipinski definition) is 3. The Morgan fingerprint density at radius 3 is 2.83 bits per heavy atom. The zero-order chi connectivity index (χ0) is 15.8. The lowest BCUT2D eigenvalue weighted by atomic mass is 9.76. The standard InChI is InChI=1S/C19H28N2O2/c1-2-4-17-14-11-15(18-5-3-6-19(22)21(17)18)13-20(12-14)16-7-9-23-10-8-16/h3,5-6,14-17H,2,4,7-13H2,1H3/t14-,15+,17-/m0/s1. The molecule has 2 fully saturated rings. The molecule has 0 radical (unpaired) electrons. The van der Waals surface area contributed by atoms with Gasteiger partial charge >= 0.3 is 0 Å². The van der Waals surface area contributed by atoms with E-state index in [0.29, 0.717) is 23.9 Å². The smallest absolute Gasteiger partial charge is 0.250 e. The Balaban J connectivity index is 1.66. The Bertz CT molecular complexity index is 606. The molecule has 4 rings (SSSR count). The van der Waals surface area contributed by atoms with Crippen LogP contribution >= 0.6 is 0 Å². The second kappa shape index (κ2) is 6.40. The molecule has 23 heavy (non-hydrogen) atoms. The number of pyridine rings is 1. The van der Waals surface area contributed by atoms with Gasteiger partial charge in [-0.05, 0) is 37.7 Å². The van der Waals surface area contributed by atoms with Crippen molar-refractivity contribution in [3.8, 4) is 0 Å². The molecule has 0 saturated carbocycles. The van der Waals surface area contributed by atoms with E-state index in [4.69, 9.17) is 4.74 Å². The van der Waals surface area contributed by atoms with Crippen molar-refractivity contribution in [1.29, 1.82) is 0 Å². The molecule has 4 heteroatoms. The highest BCUT2D eigenvalue weighted by molar-refractivity contribution is 5.19. The van der Waals surface area contributed by atoms with Gasteiger partial charge in [-0.1, -0.05) is 19.4 Å². The molecule has 3 aliphatic heterocycles. The zero-order valence-corrected chi connectivity index (χ0v) is 14.1. The highest BCUT2D eigenvalue weighted by Gasteiger charge is 2.41. The Labute approximate surface area is 138 Å². The molecule has 0 N–H and O–H groups in total. The summed E-state index contributed by atoms with van der Waals surface area (Å²) < 4.78 is 7.69. The number of piperidine rings is 1. The highest BCUT2D eigenvalue weighted by atomic mass is 16.5. The maximum atomic E-state index is 12.5. The van der Waals surface area contributed by atoms with Crippen LogP contribution in [0.3, 0.4) is 0 Å². The highest BCUT2D eigenvalue weighted by Crippen LogP contribution is 2.43. The average Bonchev–Trinajstić information content (AvgIpc) is 2.59. The summed E-state index contributed by atoms with van der Waals surface area (Å²) in [6.07, 6.45) is 5.85. The monoisotopic (exact) mass is 316 g/mol. The van der Waals surface area contributed by atoms with E-state index < -0.39 is 0 Å². The van der Waals surface area contributed by atoms with Crippen molar-refractivity contribution in [3.63, 3.8) is 0 Å². The molecule has 4 nitrogen and oxygen atoms in total. The molecule has 2 saturated heterocycles. The number of likely N-dealkylation sites (tertiary alicyclic amines) is 1. The molecule has 3 aliphatic rings. The fraction of sp³-hybridized carbons (Fsp3) is 0.737. The summed E-state index contributed by atoms with van der Waals surface area (Å²) in [6, 6.07) is 6.95. The lowest BCUT2D eigenvalue weighted by molar-refractivity contribution is -0.00247. The first kappa shape index (κ1) is 15.4. The SMILES string of the molecule is CCC[C@H]1[C@H]2C[C@H](CN(C3CCOCC3)C2)c2cccc(=O)n21. The second-order valence-corrected chi connectivity index (χ2v) is 7.51. The summed E-state index contributed by atoms with van der Waals surface area (Å²) in [5, 5.41) is 0. The van der Waals surface area contributed by atoms with Gasteiger partial charge in [0.1, 0.15) is 0 Å². The summed E-state index contributed by atoms with van der Waals surface area (Å²) in [6.45, 7) is 6.32. The summed E-state index contributed by atoms with van der Waals surface area (Å²) in [5.41, 5.74) is 1.49. The molecule has 0 unspecified atom stereocenters. The molecule has 0 spiro atoms. The van der Waals surface area contributed by atoms with Crippen LogP contribution in [0.1, 0.15) is 56.7 Å². The maximum Gasteiger partial charge on any atom is 0.250 e. The number of hydrogen-bond donors (Lipinski definition) is 0. The largest absolute Gasteiger partial charge is 0.381 e. The molecule has 4 heterocycles. The predicted octanol–water partition coefficient (Wildman–Crippen LogP) is 2.79. The van der Waals surface area contributed by atoms with Gasteiger partial charge in [-0.15, -0.1) is 0 Å². The van der Waals surface area contributed by atoms with Gasteiger partial charge in [0, 0.05) is 56.1 Å². The number of nitrogens with zero attached hydrogens (tertiary/aromatic N) is 2. The molecular formula is C19H28N2O2. The van der Waals surface area contributed by atoms with E-state index in [2.05, 4.69) is 22.5 Å². The van der Waals surface area contributed by atoms with Gasteiger partial charge in [0.25, 0.3) is 5.56 Å². The number of ether oxygens (including phenoxy) is 1. The van der Waals surface area contributed by atoms with E-state index in [9.17, 15) is 4.79 Å². The third-order valence-corrected chi connectivity index (χ3v) is 6.12. The third-order valence-electron chi connectivity index (χ3n) is 6.12. The maximum absolute atomic E-state index is 12.5. The molecule has 0 aliphatic carbocycles. The molecule has 126 valence electrons. The van der Waals surface area contributed by atoms with Gasteiger partial charge in [0.15, 0.2) is 0 Å². The van der Waals surface area contributed by atoms with Crippen molar-refractivity contribution in [2.75, 3.05) is 26.3 Å². The van der Waals surface area contributed by atoms with Crippen LogP contribution in [0.2, 0.25) is 0 Å². The normalized spacial score (nSPS) is 31.8. The van der Waals surface area contributed by atoms with E-state index in [-0.39, 0.29) is 5.56 Å². The van der Waals surface area contributed by atoms with Gasteiger partial charge in [0.05, 0.1) is 0 Å². The third kappa shape index (κ3) is 2.76. The van der Waals surface area contributed by atoms with Crippen LogP contribution < -0.4 is 5.56 Å². The Morgan fingerprint density at radius 2 is 2.04 bits per heavy atom. The van der Waals surface area contributed by atoms with Gasteiger partial charge in [-0.3, -0.25) is 9.69 Å². The van der Waals surface area contributed by atoms with Gasteiger partial charge < -0.3 is 9.30 Å². The van der Waals surface area contributed by atoms with Crippen LogP contribution in [-0.2, 0) is 4.74 Å². The molecule has 1 aromatic rings. The molecule has 3 atom stereocenters. The Hall–Kier alpha value is -1.13. The summed E-state index contributed by atoms with van der Waals surface area (Å²) in [5.74, 6) is 1.16. The van der Waals surface area contributed by atoms with Crippen LogP contribution in [0.4, 0.5) is 0 Å². The molecule has 1 aromatic heterocycles. The lowest BCUT2D eigenvalue weighted by Gasteiger charge is -2.49. The molecular weight excluding hydrogens is 288 g/mol. The van der Waals surface area contributed by atoms with E-state index in [1.165, 1.54) is 25.0 Å². The van der Waals surface area contributed by atoms with Crippen LogP contribution in [0.25, 0.3) is 0 Å². The van der Waals surface area contributed by atoms with E-state index >= 15 is 0 Å². The Morgan fingerprint density at radius 1 is 1.22 bits per heavy atom. The average molecular weight is 316 g/mol. The lowest BCUT2D eigenvalue weighted by Crippen LogP contribution is -2.53. The van der Waals surface area contributed by atoms with E-state index in [1.807, 2.05) is 6.07 Å². The molecule has 0 amide bonds. The Kier molecular flexibility index (Phi) is 4.29. The molecule has 2 bridgehead atoms. The predicted molar refractivity (Wildman–Crippen MR) is 90.9 cm³/mol. The van der Waals surface area contributed by atoms with Crippen molar-refractivity contribution in [2.24, 2.45) is 5.92 Å². The quantitative estimate of drug-likeness (QED) is 0.860. The van der Waals surface area contributed by atoms with Crippen LogP contribution in [0.15, 0.2) is 23.0 Å². The van der Waals surface area contributed by atoms with Gasteiger partial charge in [0.2, 0.25) is 0 Å². The molecule has 0 aromatic carbocycles. The van der Waals surface area contributed by atoms with Crippen molar-refractivity contribution < 1.29 is 4.74 Å². The van der Waals surface area contributed by atoms with Crippen LogP contribution in [0.5, 0.6) is 0 Å². The fourth-order valence-corrected chi connectivity index (χ4v) is 5.09. The van der Waals surface area contributed by atoms with E-state index in [1.54, 1.807) is 6.07 Å². The van der Waals surface area contributed by atoms with E-state index in [0.717, 1.165) is 39.1 Å². The van der Waals surface area contributed by atoms with Crippen LogP contribution in [-0.4, -0.2) is 41.8 Å². The van der Waals surface area contributed by atoms with Gasteiger partial charge in [-0.2, -0.15) is 0 Å². The second-order valence-electron chi connectivity index (χ2n) is 7.51. The first-order valence-electron chi connectivity index (χ1n) is 9.31. The first-order chi connectivity index (χ1) is 11.3. The van der Waals surface area contributed by atoms with Crippen molar-refractivity contribution in [3.05, 3.63) is 34.2 Å². The van der Waals surface area contributed by atoms with Crippen molar-refractivity contribution in [1.82, 2.24) is 9.47 Å². The minimum Gasteiger partial charge on any atom is -0.381 e. The summed E-state index contributed by atoms with van der Waals surface area (Å²) >= 11 is 0. The minimum absolute atomic E-state index is 0.204. The zero-order valence-electron chi connectivity index (χ0n) is 14.1. The topological polar surface area (TPSA) is 34.5 Å². The summed E-state index contributed by atoms with van der Waals surface area (Å²) in [4.78, 5) is 15.2. The van der Waals surface area contributed by atoms with Crippen molar-refractivity contribution in [2.45, 2.75) is 57.0 Å². The first-order valence-corrected chi connectivity index (χ1v) is 9.31. The number of aromatic nitrogens is 1. The van der Waals surface area contributed by atoms with Gasteiger partial charge in [-0.25, -0.2) is 0 Å². The summed E-state index contributed by atoms with van der Waals surface area (Å²) in [7, 11) is 0. The van der Waals surface area contributed by atoms with Crippen molar-refractivity contribution >= 4 is 0 Å².